The number of benzene rings is 4. The number of fused-ring (bicyclic) bond motifs is 3. The van der Waals surface area contributed by atoms with E-state index < -0.39 is 37.6 Å². The molecule has 3 aliphatic rings. The number of carbonyl (C=O) groups excluding carboxylic acids is 3. The van der Waals surface area contributed by atoms with Gasteiger partial charge in [-0.2, -0.15) is 0 Å². The van der Waals surface area contributed by atoms with Crippen molar-refractivity contribution in [3.05, 3.63) is 119 Å². The van der Waals surface area contributed by atoms with Gasteiger partial charge in [0.05, 0.1) is 49.7 Å². The largest absolute Gasteiger partial charge is 0.494 e. The zero-order valence-corrected chi connectivity index (χ0v) is 36.0. The van der Waals surface area contributed by atoms with Gasteiger partial charge >= 0.3 is 0 Å². The molecule has 3 heterocycles. The number of halogens is 1. The number of amides is 3. The van der Waals surface area contributed by atoms with Crippen molar-refractivity contribution in [2.75, 3.05) is 42.7 Å². The van der Waals surface area contributed by atoms with Crippen molar-refractivity contribution in [1.82, 2.24) is 10.2 Å². The number of nitrogens with one attached hydrogen (secondary N) is 1. The molecule has 0 radical (unpaired) electrons. The fraction of sp³-hybridized carbons (Fsp3) is 0.426. The number of nitrogens with zero attached hydrogens (tertiary/aromatic N) is 3. The van der Waals surface area contributed by atoms with E-state index >= 15 is 8.90 Å². The van der Waals surface area contributed by atoms with Gasteiger partial charge in [-0.15, -0.1) is 0 Å². The van der Waals surface area contributed by atoms with E-state index in [0.29, 0.717) is 60.8 Å². The Morgan fingerprint density at radius 3 is 2.32 bits per heavy atom. The van der Waals surface area contributed by atoms with Crippen molar-refractivity contribution in [3.8, 4) is 5.75 Å². The average molecular weight is 837 g/mol. The lowest BCUT2D eigenvalue weighted by Crippen LogP contribution is -2.49. The summed E-state index contributed by atoms with van der Waals surface area (Å²) in [5.41, 5.74) is 2.65. The Morgan fingerprint density at radius 2 is 1.65 bits per heavy atom. The second kappa shape index (κ2) is 18.4. The maximum atomic E-state index is 16.9. The molecule has 7 rings (SSSR count). The van der Waals surface area contributed by atoms with Gasteiger partial charge in [0, 0.05) is 42.4 Å². The highest BCUT2D eigenvalue weighted by atomic mass is 28.4. The summed E-state index contributed by atoms with van der Waals surface area (Å²) in [6, 6.07) is 29.8. The third kappa shape index (κ3) is 8.51. The smallest absolute Gasteiger partial charge is 0.264 e. The minimum Gasteiger partial charge on any atom is -0.494 e. The number of ether oxygens (including phenoxy) is 2. The van der Waals surface area contributed by atoms with Crippen LogP contribution in [0.25, 0.3) is 0 Å². The van der Waals surface area contributed by atoms with E-state index in [4.69, 9.17) is 9.47 Å². The first-order valence-corrected chi connectivity index (χ1v) is 24.1. The Bertz CT molecular complexity index is 2150. The standard InChI is InChI=1S/C47H57FN4O7Si/c1-5-58-37-19-21-40-35(26-37)27-39(49-22-12-13-24-53)45(56)52(40)36-18-20-41-38(28-36)47(46(57)51(41)31-34-16-10-7-11-17-34)32(2)44(60(3,4)48)42(59-47)29-43(55)50(23-25-54)30-33-14-8-6-9-15-33/h6-11,14-21,26,28,32,39,42,44,49,53-54H,5,12-13,22-25,27,29-31H2,1-4H3/t32-,39?,42+,44-,47+/m0/s1. The molecule has 1 fully saturated rings. The minimum atomic E-state index is -3.65. The van der Waals surface area contributed by atoms with Crippen LogP contribution in [0.5, 0.6) is 5.75 Å². The van der Waals surface area contributed by atoms with Gasteiger partial charge in [0.25, 0.3) is 5.91 Å². The molecular formula is C47H57FN4O7Si. The lowest BCUT2D eigenvalue weighted by Gasteiger charge is -2.36. The van der Waals surface area contributed by atoms with Gasteiger partial charge in [-0.1, -0.05) is 67.6 Å². The maximum absolute atomic E-state index is 16.9. The van der Waals surface area contributed by atoms with Gasteiger partial charge in [0.2, 0.25) is 20.2 Å². The molecule has 4 aromatic rings. The van der Waals surface area contributed by atoms with Gasteiger partial charge in [0.1, 0.15) is 5.75 Å². The number of aliphatic hydroxyl groups excluding tert-OH is 2. The van der Waals surface area contributed by atoms with E-state index in [-0.39, 0.29) is 57.0 Å². The number of anilines is 3. The van der Waals surface area contributed by atoms with Gasteiger partial charge in [-0.3, -0.25) is 19.3 Å². The van der Waals surface area contributed by atoms with Crippen LogP contribution in [-0.4, -0.2) is 86.3 Å². The normalized spacial score (nSPS) is 22.3. The summed E-state index contributed by atoms with van der Waals surface area (Å²) in [6.45, 7) is 8.44. The van der Waals surface area contributed by atoms with Crippen LogP contribution in [0.15, 0.2) is 97.1 Å². The van der Waals surface area contributed by atoms with Gasteiger partial charge in [0.15, 0.2) is 5.60 Å². The van der Waals surface area contributed by atoms with E-state index in [1.165, 1.54) is 0 Å². The fourth-order valence-electron chi connectivity index (χ4n) is 9.54. The number of carbonyl (C=O) groups is 3. The molecule has 5 atom stereocenters. The number of rotatable bonds is 17. The van der Waals surface area contributed by atoms with Crippen LogP contribution in [0.1, 0.15) is 55.4 Å². The molecule has 0 saturated carbocycles. The Balaban J connectivity index is 1.32. The molecule has 4 aromatic carbocycles. The lowest BCUT2D eigenvalue weighted by atomic mass is 9.82. The molecule has 1 spiro atoms. The second-order valence-electron chi connectivity index (χ2n) is 16.6. The van der Waals surface area contributed by atoms with Crippen LogP contribution in [0.3, 0.4) is 0 Å². The highest BCUT2D eigenvalue weighted by Crippen LogP contribution is 2.61. The van der Waals surface area contributed by atoms with Gasteiger partial charge < -0.3 is 38.9 Å². The van der Waals surface area contributed by atoms with Crippen molar-refractivity contribution < 1.29 is 38.2 Å². The predicted octanol–water partition coefficient (Wildman–Crippen LogP) is 6.77. The molecule has 3 N–H and O–H groups in total. The van der Waals surface area contributed by atoms with Crippen LogP contribution in [0.4, 0.5) is 21.2 Å². The molecule has 0 aliphatic carbocycles. The average Bonchev–Trinajstić information content (AvgIpc) is 3.65. The molecule has 11 nitrogen and oxygen atoms in total. The van der Waals surface area contributed by atoms with E-state index in [1.54, 1.807) is 27.8 Å². The molecule has 0 bridgehead atoms. The number of unbranched alkanes of at least 4 members (excludes halogenated alkanes) is 1. The van der Waals surface area contributed by atoms with Crippen molar-refractivity contribution in [1.29, 1.82) is 0 Å². The summed E-state index contributed by atoms with van der Waals surface area (Å²) in [6.07, 6.45) is 0.642. The highest BCUT2D eigenvalue weighted by molar-refractivity contribution is 6.72. The van der Waals surface area contributed by atoms with Crippen LogP contribution in [-0.2, 0) is 44.2 Å². The number of aliphatic hydroxyl groups is 2. The molecule has 60 heavy (non-hydrogen) atoms. The number of hydrogen-bond donors (Lipinski definition) is 3. The molecule has 3 aliphatic heterocycles. The molecule has 1 unspecified atom stereocenters. The molecule has 318 valence electrons. The van der Waals surface area contributed by atoms with Crippen molar-refractivity contribution in [3.63, 3.8) is 0 Å². The van der Waals surface area contributed by atoms with Crippen molar-refractivity contribution >= 4 is 43.2 Å². The molecular weight excluding hydrogens is 780 g/mol. The zero-order valence-electron chi connectivity index (χ0n) is 35.0. The summed E-state index contributed by atoms with van der Waals surface area (Å²) < 4.78 is 29.8. The van der Waals surface area contributed by atoms with Crippen LogP contribution in [0, 0.1) is 5.92 Å². The molecule has 3 amide bonds. The van der Waals surface area contributed by atoms with Crippen LogP contribution < -0.4 is 19.9 Å². The van der Waals surface area contributed by atoms with E-state index in [2.05, 4.69) is 5.32 Å². The van der Waals surface area contributed by atoms with Crippen LogP contribution >= 0.6 is 0 Å². The second-order valence-corrected chi connectivity index (χ2v) is 20.4. The van der Waals surface area contributed by atoms with Crippen LogP contribution in [0.2, 0.25) is 18.6 Å². The molecule has 13 heteroatoms. The van der Waals surface area contributed by atoms with Gasteiger partial charge in [-0.25, -0.2) is 0 Å². The summed E-state index contributed by atoms with van der Waals surface area (Å²) in [4.78, 5) is 49.0. The first kappa shape index (κ1) is 43.2. The van der Waals surface area contributed by atoms with Crippen molar-refractivity contribution in [2.45, 2.75) is 89.0 Å². The lowest BCUT2D eigenvalue weighted by molar-refractivity contribution is -0.150. The Hall–Kier alpha value is -4.92. The van der Waals surface area contributed by atoms with Crippen molar-refractivity contribution in [2.24, 2.45) is 5.92 Å². The summed E-state index contributed by atoms with van der Waals surface area (Å²) in [7, 11) is -3.65. The maximum Gasteiger partial charge on any atom is 0.264 e. The fourth-order valence-corrected chi connectivity index (χ4v) is 12.0. The Morgan fingerprint density at radius 1 is 0.950 bits per heavy atom. The Kier molecular flexibility index (Phi) is 13.2. The SMILES string of the molecule is CCOc1ccc2c(c1)CC(NCCCCO)C(=O)N2c1ccc2c(c1)[C@@]1(O[C@H](CC(=O)N(CCO)Cc3ccccc3)[C@@H]([Si](C)(C)F)[C@@H]1C)C(=O)N2Cc1ccccc1. The van der Waals surface area contributed by atoms with E-state index in [1.807, 2.05) is 111 Å². The summed E-state index contributed by atoms with van der Waals surface area (Å²) in [5, 5.41) is 22.8. The highest BCUT2D eigenvalue weighted by Gasteiger charge is 2.67. The van der Waals surface area contributed by atoms with Gasteiger partial charge in [-0.05, 0) is 98.9 Å². The van der Waals surface area contributed by atoms with E-state index in [0.717, 1.165) is 16.7 Å². The minimum absolute atomic E-state index is 0.0664. The molecule has 0 aromatic heterocycles. The predicted molar refractivity (Wildman–Crippen MR) is 232 cm³/mol. The first-order chi connectivity index (χ1) is 28.9. The molecule has 1 saturated heterocycles. The Labute approximate surface area is 353 Å². The number of hydrogen-bond acceptors (Lipinski definition) is 8. The third-order valence-corrected chi connectivity index (χ3v) is 14.7. The van der Waals surface area contributed by atoms with E-state index in [9.17, 15) is 19.8 Å². The first-order valence-electron chi connectivity index (χ1n) is 21.1. The topological polar surface area (TPSA) is 132 Å². The third-order valence-electron chi connectivity index (χ3n) is 12.2. The summed E-state index contributed by atoms with van der Waals surface area (Å²) in [5.74, 6) is -0.791. The summed E-state index contributed by atoms with van der Waals surface area (Å²) >= 11 is 0. The quantitative estimate of drug-likeness (QED) is 0.0604. The zero-order chi connectivity index (χ0) is 42.6. The monoisotopic (exact) mass is 836 g/mol.